The molecule has 0 radical (unpaired) electrons. The van der Waals surface area contributed by atoms with Crippen LogP contribution in [0.2, 0.25) is 0 Å². The first kappa shape index (κ1) is 15.6. The highest BCUT2D eigenvalue weighted by atomic mass is 19.2. The zero-order valence-corrected chi connectivity index (χ0v) is 11.3. The van der Waals surface area contributed by atoms with Crippen LogP contribution in [0, 0.1) is 23.3 Å². The topological polar surface area (TPSA) is 74.8 Å². The number of carbonyl (C=O) groups excluding carboxylic acids is 4. The second-order valence-electron chi connectivity index (χ2n) is 4.64. The fourth-order valence-corrected chi connectivity index (χ4v) is 2.24. The molecule has 24 heavy (non-hydrogen) atoms. The largest absolute Gasteiger partial charge is 0.269 e. The van der Waals surface area contributed by atoms with E-state index in [0.29, 0.717) is 24.3 Å². The minimum Gasteiger partial charge on any atom is -0.269 e. The quantitative estimate of drug-likeness (QED) is 0.459. The first-order chi connectivity index (χ1) is 11.3. The lowest BCUT2D eigenvalue weighted by molar-refractivity contribution is -0.121. The summed E-state index contributed by atoms with van der Waals surface area (Å²) in [4.78, 5) is 45.7. The summed E-state index contributed by atoms with van der Waals surface area (Å²) in [5.41, 5.74) is -3.14. The van der Waals surface area contributed by atoms with Crippen LogP contribution in [0.5, 0.6) is 0 Å². The van der Waals surface area contributed by atoms with E-state index >= 15 is 0 Å². The Bertz CT molecular complexity index is 769. The van der Waals surface area contributed by atoms with Gasteiger partial charge >= 0.3 is 0 Å². The van der Waals surface area contributed by atoms with Crippen LogP contribution in [0.4, 0.5) is 28.9 Å². The van der Waals surface area contributed by atoms with Crippen molar-refractivity contribution in [3.63, 3.8) is 0 Å². The molecular weight excluding hydrogens is 336 g/mol. The number of amides is 4. The molecule has 0 spiro atoms. The number of imide groups is 2. The molecule has 0 saturated carbocycles. The monoisotopic (exact) mass is 340 g/mol. The minimum absolute atomic E-state index is 0.105. The third kappa shape index (κ3) is 1.96. The van der Waals surface area contributed by atoms with Gasteiger partial charge in [-0.05, 0) is 0 Å². The second kappa shape index (κ2) is 5.11. The highest BCUT2D eigenvalue weighted by Gasteiger charge is 2.39. The van der Waals surface area contributed by atoms with Crippen molar-refractivity contribution in [3.8, 4) is 0 Å². The molecule has 0 saturated heterocycles. The van der Waals surface area contributed by atoms with Crippen LogP contribution in [0.1, 0.15) is 0 Å². The Morgan fingerprint density at radius 2 is 0.708 bits per heavy atom. The van der Waals surface area contributed by atoms with E-state index in [2.05, 4.69) is 0 Å². The zero-order chi connectivity index (χ0) is 17.8. The lowest BCUT2D eigenvalue weighted by atomic mass is 10.2. The fraction of sp³-hybridized carbons (Fsp3) is 0. The van der Waals surface area contributed by atoms with Gasteiger partial charge in [-0.1, -0.05) is 0 Å². The van der Waals surface area contributed by atoms with Crippen LogP contribution in [-0.4, -0.2) is 23.6 Å². The number of nitrogens with zero attached hydrogens (tertiary/aromatic N) is 2. The van der Waals surface area contributed by atoms with Gasteiger partial charge in [0.15, 0.2) is 23.3 Å². The van der Waals surface area contributed by atoms with Crippen LogP contribution in [0.25, 0.3) is 0 Å². The first-order valence-corrected chi connectivity index (χ1v) is 6.24. The molecule has 2 heterocycles. The molecule has 2 aliphatic rings. The smallest absolute Gasteiger partial charge is 0.258 e. The third-order valence-corrected chi connectivity index (χ3v) is 3.28. The Morgan fingerprint density at radius 1 is 0.500 bits per heavy atom. The zero-order valence-electron chi connectivity index (χ0n) is 11.3. The van der Waals surface area contributed by atoms with Crippen molar-refractivity contribution in [1.82, 2.24) is 0 Å². The molecule has 6 nitrogen and oxygen atoms in total. The normalized spacial score (nSPS) is 17.0. The van der Waals surface area contributed by atoms with Crippen LogP contribution >= 0.6 is 0 Å². The SMILES string of the molecule is O=C1C=CC(=O)N1c1c(F)c(F)c(N2C(=O)C=CC2=O)c(F)c1F. The average Bonchev–Trinajstić information content (AvgIpc) is 3.03. The number of halogens is 4. The molecule has 0 fully saturated rings. The number of anilines is 2. The summed E-state index contributed by atoms with van der Waals surface area (Å²) < 4.78 is 56.7. The number of carbonyl (C=O) groups is 4. The molecule has 0 bridgehead atoms. The summed E-state index contributed by atoms with van der Waals surface area (Å²) in [7, 11) is 0. The average molecular weight is 340 g/mol. The van der Waals surface area contributed by atoms with Crippen LogP contribution in [-0.2, 0) is 19.2 Å². The van der Waals surface area contributed by atoms with E-state index in [-0.39, 0.29) is 9.80 Å². The number of hydrogen-bond donors (Lipinski definition) is 0. The third-order valence-electron chi connectivity index (χ3n) is 3.28. The maximum atomic E-state index is 14.2. The summed E-state index contributed by atoms with van der Waals surface area (Å²) in [5, 5.41) is 0. The Morgan fingerprint density at radius 3 is 0.917 bits per heavy atom. The first-order valence-electron chi connectivity index (χ1n) is 6.24. The Balaban J connectivity index is 2.24. The van der Waals surface area contributed by atoms with E-state index in [1.54, 1.807) is 0 Å². The van der Waals surface area contributed by atoms with Crippen molar-refractivity contribution >= 4 is 35.0 Å². The van der Waals surface area contributed by atoms with Gasteiger partial charge in [0.05, 0.1) is 0 Å². The van der Waals surface area contributed by atoms with E-state index in [1.807, 2.05) is 0 Å². The van der Waals surface area contributed by atoms with Crippen molar-refractivity contribution in [2.24, 2.45) is 0 Å². The predicted molar refractivity (Wildman–Crippen MR) is 69.5 cm³/mol. The molecule has 0 aliphatic carbocycles. The molecular formula is C14H4F4N2O4. The molecule has 0 atom stereocenters. The van der Waals surface area contributed by atoms with Gasteiger partial charge in [0.1, 0.15) is 11.4 Å². The molecule has 0 unspecified atom stereocenters. The predicted octanol–water partition coefficient (Wildman–Crippen LogP) is 1.10. The molecule has 2 aliphatic heterocycles. The molecule has 4 amide bonds. The van der Waals surface area contributed by atoms with Crippen LogP contribution in [0.3, 0.4) is 0 Å². The van der Waals surface area contributed by atoms with E-state index < -0.39 is 58.3 Å². The van der Waals surface area contributed by atoms with Crippen molar-refractivity contribution in [2.45, 2.75) is 0 Å². The minimum atomic E-state index is -2.10. The lowest BCUT2D eigenvalue weighted by Crippen LogP contribution is -2.35. The highest BCUT2D eigenvalue weighted by molar-refractivity contribution is 6.29. The van der Waals surface area contributed by atoms with Gasteiger partial charge in [0, 0.05) is 24.3 Å². The summed E-state index contributed by atoms with van der Waals surface area (Å²) in [6.07, 6.45) is 2.62. The van der Waals surface area contributed by atoms with E-state index in [4.69, 9.17) is 0 Å². The molecule has 1 aromatic rings. The standard InChI is InChI=1S/C14H4F4N2O4/c15-9-11(17)14(20-7(23)3-4-8(20)24)12(18)10(16)13(9)19-5(21)1-2-6(19)22/h1-4H. The second-order valence-corrected chi connectivity index (χ2v) is 4.64. The van der Waals surface area contributed by atoms with Crippen LogP contribution in [0.15, 0.2) is 24.3 Å². The Hall–Kier alpha value is -3.30. The van der Waals surface area contributed by atoms with Gasteiger partial charge in [0.25, 0.3) is 23.6 Å². The van der Waals surface area contributed by atoms with E-state index in [0.717, 1.165) is 0 Å². The Labute approximate surface area is 130 Å². The summed E-state index contributed by atoms with van der Waals surface area (Å²) in [5.74, 6) is -13.2. The van der Waals surface area contributed by atoms with Crippen LogP contribution < -0.4 is 9.80 Å². The van der Waals surface area contributed by atoms with Gasteiger partial charge in [0.2, 0.25) is 0 Å². The van der Waals surface area contributed by atoms with Crippen molar-refractivity contribution in [2.75, 3.05) is 9.80 Å². The van der Waals surface area contributed by atoms with Gasteiger partial charge in [-0.3, -0.25) is 19.2 Å². The number of benzene rings is 1. The van der Waals surface area contributed by atoms with E-state index in [1.165, 1.54) is 0 Å². The molecule has 0 aromatic heterocycles. The molecule has 0 N–H and O–H groups in total. The lowest BCUT2D eigenvalue weighted by Gasteiger charge is -2.21. The van der Waals surface area contributed by atoms with Gasteiger partial charge in [-0.25, -0.2) is 27.4 Å². The summed E-state index contributed by atoms with van der Waals surface area (Å²) >= 11 is 0. The maximum absolute atomic E-state index is 14.2. The molecule has 122 valence electrons. The Kier molecular flexibility index (Phi) is 3.32. The highest BCUT2D eigenvalue weighted by Crippen LogP contribution is 2.37. The number of rotatable bonds is 2. The van der Waals surface area contributed by atoms with Gasteiger partial charge in [-0.15, -0.1) is 0 Å². The number of hydrogen-bond acceptors (Lipinski definition) is 4. The summed E-state index contributed by atoms with van der Waals surface area (Å²) in [6.45, 7) is 0. The molecule has 1 aromatic carbocycles. The summed E-state index contributed by atoms with van der Waals surface area (Å²) in [6, 6.07) is 0. The molecule has 10 heteroatoms. The van der Waals surface area contributed by atoms with Gasteiger partial charge in [-0.2, -0.15) is 0 Å². The fourth-order valence-electron chi connectivity index (χ4n) is 2.24. The van der Waals surface area contributed by atoms with E-state index in [9.17, 15) is 36.7 Å². The maximum Gasteiger partial charge on any atom is 0.258 e. The molecule has 3 rings (SSSR count). The van der Waals surface area contributed by atoms with Crippen molar-refractivity contribution < 1.29 is 36.7 Å². The van der Waals surface area contributed by atoms with Crippen molar-refractivity contribution in [3.05, 3.63) is 47.6 Å². The van der Waals surface area contributed by atoms with Crippen molar-refractivity contribution in [1.29, 1.82) is 0 Å². The van der Waals surface area contributed by atoms with Gasteiger partial charge < -0.3 is 0 Å².